The molecule has 6 heteroatoms. The van der Waals surface area contributed by atoms with Gasteiger partial charge in [-0.1, -0.05) is 0 Å². The van der Waals surface area contributed by atoms with Crippen molar-refractivity contribution in [1.29, 1.82) is 5.26 Å². The number of hydrogen-bond donors (Lipinski definition) is 0. The fourth-order valence-corrected chi connectivity index (χ4v) is 2.93. The molecule has 1 atom stereocenters. The Bertz CT molecular complexity index is 719. The SMILES string of the molecule is COc1cc(OC)cc([C@H]2CCN(c3nccnc3C#N)C2)c1. The normalized spacial score (nSPS) is 16.9. The molecule has 3 rings (SSSR count). The van der Waals surface area contributed by atoms with Crippen LogP contribution >= 0.6 is 0 Å². The lowest BCUT2D eigenvalue weighted by atomic mass is 9.98. The van der Waals surface area contributed by atoms with Crippen molar-refractivity contribution >= 4 is 5.82 Å². The van der Waals surface area contributed by atoms with Crippen LogP contribution in [0, 0.1) is 11.3 Å². The topological polar surface area (TPSA) is 71.3 Å². The third-order valence-corrected chi connectivity index (χ3v) is 4.12. The standard InChI is InChI=1S/C17H18N4O2/c1-22-14-7-13(8-15(9-14)23-2)12-3-6-21(11-12)17-16(10-18)19-4-5-20-17/h4-5,7-9,12H,3,6,11H2,1-2H3/t12-/m0/s1. The molecule has 1 aromatic heterocycles. The fourth-order valence-electron chi connectivity index (χ4n) is 2.93. The summed E-state index contributed by atoms with van der Waals surface area (Å²) in [6.45, 7) is 1.64. The molecule has 0 bridgehead atoms. The number of anilines is 1. The van der Waals surface area contributed by atoms with Crippen LogP contribution in [-0.4, -0.2) is 37.3 Å². The van der Waals surface area contributed by atoms with Gasteiger partial charge < -0.3 is 14.4 Å². The molecular weight excluding hydrogens is 292 g/mol. The van der Waals surface area contributed by atoms with Crippen molar-refractivity contribution in [2.24, 2.45) is 0 Å². The second-order valence-electron chi connectivity index (χ2n) is 5.42. The highest BCUT2D eigenvalue weighted by Crippen LogP contribution is 2.34. The van der Waals surface area contributed by atoms with Gasteiger partial charge >= 0.3 is 0 Å². The Kier molecular flexibility index (Phi) is 4.29. The van der Waals surface area contributed by atoms with E-state index in [4.69, 9.17) is 9.47 Å². The first-order chi connectivity index (χ1) is 11.2. The number of benzene rings is 1. The van der Waals surface area contributed by atoms with Gasteiger partial charge in [-0.15, -0.1) is 0 Å². The van der Waals surface area contributed by atoms with E-state index < -0.39 is 0 Å². The number of ether oxygens (including phenoxy) is 2. The molecule has 118 valence electrons. The summed E-state index contributed by atoms with van der Waals surface area (Å²) >= 11 is 0. The van der Waals surface area contributed by atoms with Crippen molar-refractivity contribution in [2.75, 3.05) is 32.2 Å². The van der Waals surface area contributed by atoms with E-state index in [1.807, 2.05) is 18.2 Å². The first-order valence-corrected chi connectivity index (χ1v) is 7.44. The van der Waals surface area contributed by atoms with E-state index in [-0.39, 0.29) is 0 Å². The second kappa shape index (κ2) is 6.53. The Morgan fingerprint density at radius 1 is 1.13 bits per heavy atom. The smallest absolute Gasteiger partial charge is 0.183 e. The summed E-state index contributed by atoms with van der Waals surface area (Å²) in [6.07, 6.45) is 4.15. The fraction of sp³-hybridized carbons (Fsp3) is 0.353. The van der Waals surface area contributed by atoms with Gasteiger partial charge in [-0.25, -0.2) is 9.97 Å². The van der Waals surface area contributed by atoms with Crippen LogP contribution in [-0.2, 0) is 0 Å². The average molecular weight is 310 g/mol. The molecule has 0 saturated carbocycles. The van der Waals surface area contributed by atoms with Gasteiger partial charge in [0.05, 0.1) is 14.2 Å². The van der Waals surface area contributed by atoms with E-state index in [0.29, 0.717) is 17.4 Å². The van der Waals surface area contributed by atoms with Crippen molar-refractivity contribution in [3.8, 4) is 17.6 Å². The Labute approximate surface area is 135 Å². The van der Waals surface area contributed by atoms with Crippen LogP contribution in [0.3, 0.4) is 0 Å². The number of nitrogens with zero attached hydrogens (tertiary/aromatic N) is 4. The van der Waals surface area contributed by atoms with E-state index in [0.717, 1.165) is 31.0 Å². The Balaban J connectivity index is 1.84. The van der Waals surface area contributed by atoms with Crippen LogP contribution in [0.2, 0.25) is 0 Å². The van der Waals surface area contributed by atoms with E-state index in [2.05, 4.69) is 20.9 Å². The number of hydrogen-bond acceptors (Lipinski definition) is 6. The molecule has 1 aromatic carbocycles. The van der Waals surface area contributed by atoms with Crippen molar-refractivity contribution < 1.29 is 9.47 Å². The minimum atomic E-state index is 0.340. The molecule has 1 aliphatic rings. The summed E-state index contributed by atoms with van der Waals surface area (Å²) in [4.78, 5) is 10.5. The zero-order chi connectivity index (χ0) is 16.2. The largest absolute Gasteiger partial charge is 0.497 e. The third kappa shape index (κ3) is 3.04. The first-order valence-electron chi connectivity index (χ1n) is 7.44. The van der Waals surface area contributed by atoms with Gasteiger partial charge in [0.25, 0.3) is 0 Å². The summed E-state index contributed by atoms with van der Waals surface area (Å²) in [5, 5.41) is 9.19. The van der Waals surface area contributed by atoms with Crippen molar-refractivity contribution in [1.82, 2.24) is 9.97 Å². The number of rotatable bonds is 4. The van der Waals surface area contributed by atoms with Gasteiger partial charge in [0.2, 0.25) is 0 Å². The molecule has 0 spiro atoms. The highest BCUT2D eigenvalue weighted by Gasteiger charge is 2.27. The van der Waals surface area contributed by atoms with Crippen molar-refractivity contribution in [2.45, 2.75) is 12.3 Å². The highest BCUT2D eigenvalue weighted by molar-refractivity contribution is 5.51. The zero-order valence-corrected chi connectivity index (χ0v) is 13.2. The predicted octanol–water partition coefficient (Wildman–Crippen LogP) is 2.36. The molecule has 23 heavy (non-hydrogen) atoms. The molecule has 0 N–H and O–H groups in total. The molecule has 0 radical (unpaired) electrons. The van der Waals surface area contributed by atoms with E-state index in [9.17, 15) is 5.26 Å². The third-order valence-electron chi connectivity index (χ3n) is 4.12. The maximum atomic E-state index is 9.19. The van der Waals surface area contributed by atoms with Gasteiger partial charge in [-0.05, 0) is 24.1 Å². The Morgan fingerprint density at radius 3 is 2.48 bits per heavy atom. The predicted molar refractivity (Wildman–Crippen MR) is 85.9 cm³/mol. The Hall–Kier alpha value is -2.81. The number of nitriles is 1. The minimum absolute atomic E-state index is 0.340. The minimum Gasteiger partial charge on any atom is -0.497 e. The molecule has 0 amide bonds. The van der Waals surface area contributed by atoms with Crippen LogP contribution in [0.1, 0.15) is 23.6 Å². The summed E-state index contributed by atoms with van der Waals surface area (Å²) in [5.74, 6) is 2.57. The highest BCUT2D eigenvalue weighted by atomic mass is 16.5. The summed E-state index contributed by atoms with van der Waals surface area (Å²) in [6, 6.07) is 8.06. The van der Waals surface area contributed by atoms with E-state index in [1.54, 1.807) is 26.6 Å². The molecule has 2 aromatic rings. The maximum absolute atomic E-state index is 9.19. The monoisotopic (exact) mass is 310 g/mol. The summed E-state index contributed by atoms with van der Waals surface area (Å²) < 4.78 is 10.7. The molecule has 0 aliphatic carbocycles. The molecule has 6 nitrogen and oxygen atoms in total. The van der Waals surface area contributed by atoms with E-state index >= 15 is 0 Å². The van der Waals surface area contributed by atoms with Crippen molar-refractivity contribution in [3.63, 3.8) is 0 Å². The lowest BCUT2D eigenvalue weighted by Gasteiger charge is -2.18. The van der Waals surface area contributed by atoms with Crippen LogP contribution in [0.4, 0.5) is 5.82 Å². The number of methoxy groups -OCH3 is 2. The zero-order valence-electron chi connectivity index (χ0n) is 13.2. The number of aromatic nitrogens is 2. The van der Waals surface area contributed by atoms with E-state index in [1.165, 1.54) is 5.56 Å². The lowest BCUT2D eigenvalue weighted by Crippen LogP contribution is -2.22. The molecule has 2 heterocycles. The van der Waals surface area contributed by atoms with Crippen LogP contribution < -0.4 is 14.4 Å². The van der Waals surface area contributed by atoms with Crippen LogP contribution in [0.15, 0.2) is 30.6 Å². The molecular formula is C17H18N4O2. The van der Waals surface area contributed by atoms with Gasteiger partial charge in [0, 0.05) is 37.5 Å². The van der Waals surface area contributed by atoms with Gasteiger partial charge in [0.1, 0.15) is 17.6 Å². The van der Waals surface area contributed by atoms with Crippen LogP contribution in [0.5, 0.6) is 11.5 Å². The van der Waals surface area contributed by atoms with Crippen LogP contribution in [0.25, 0.3) is 0 Å². The summed E-state index contributed by atoms with van der Waals surface area (Å²) in [7, 11) is 3.30. The van der Waals surface area contributed by atoms with Crippen molar-refractivity contribution in [3.05, 3.63) is 41.9 Å². The molecule has 1 fully saturated rings. The molecule has 1 aliphatic heterocycles. The van der Waals surface area contributed by atoms with Gasteiger partial charge in [0.15, 0.2) is 11.5 Å². The lowest BCUT2D eigenvalue weighted by molar-refractivity contribution is 0.393. The maximum Gasteiger partial charge on any atom is 0.183 e. The first kappa shape index (κ1) is 15.1. The second-order valence-corrected chi connectivity index (χ2v) is 5.42. The van der Waals surface area contributed by atoms with Gasteiger partial charge in [-0.3, -0.25) is 0 Å². The Morgan fingerprint density at radius 2 is 1.83 bits per heavy atom. The quantitative estimate of drug-likeness (QED) is 0.863. The summed E-state index contributed by atoms with van der Waals surface area (Å²) in [5.41, 5.74) is 1.54. The molecule has 0 unspecified atom stereocenters. The average Bonchev–Trinajstić information content (AvgIpc) is 3.11. The molecule has 1 saturated heterocycles. The van der Waals surface area contributed by atoms with Gasteiger partial charge in [-0.2, -0.15) is 5.26 Å².